The fourth-order valence-corrected chi connectivity index (χ4v) is 4.14. The van der Waals surface area contributed by atoms with Gasteiger partial charge in [0.25, 0.3) is 5.70 Å². The van der Waals surface area contributed by atoms with Crippen LogP contribution in [0.1, 0.15) is 36.5 Å². The second kappa shape index (κ2) is 7.17. The van der Waals surface area contributed by atoms with E-state index in [9.17, 15) is 0 Å². The minimum Gasteiger partial charge on any atom is -0.462 e. The number of aryl methyl sites for hydroxylation is 2. The third-order valence-electron chi connectivity index (χ3n) is 5.22. The fourth-order valence-electron chi connectivity index (χ4n) is 4.14. The van der Waals surface area contributed by atoms with Crippen LogP contribution in [-0.4, -0.2) is 13.1 Å². The van der Waals surface area contributed by atoms with Crippen molar-refractivity contribution in [1.82, 2.24) is 0 Å². The molecule has 3 aliphatic rings. The molecule has 4 nitrogen and oxygen atoms in total. The first kappa shape index (κ1) is 17.2. The number of allylic oxidation sites excluding steroid dienone is 6. The molecule has 0 aromatic heterocycles. The molecular weight excluding hydrogens is 334 g/mol. The van der Waals surface area contributed by atoms with Crippen LogP contribution < -0.4 is 4.90 Å². The van der Waals surface area contributed by atoms with Gasteiger partial charge in [0.2, 0.25) is 0 Å². The monoisotopic (exact) mass is 355 g/mol. The summed E-state index contributed by atoms with van der Waals surface area (Å²) in [6.45, 7) is 11.3. The molecule has 3 aliphatic heterocycles. The Balaban J connectivity index is 1.65. The van der Waals surface area contributed by atoms with E-state index >= 15 is 0 Å². The number of benzene rings is 1. The predicted molar refractivity (Wildman–Crippen MR) is 106 cm³/mol. The van der Waals surface area contributed by atoms with Gasteiger partial charge in [-0.3, -0.25) is 0 Å². The van der Waals surface area contributed by atoms with E-state index in [-0.39, 0.29) is 5.70 Å². The van der Waals surface area contributed by atoms with Crippen LogP contribution in [0.4, 0.5) is 5.69 Å². The van der Waals surface area contributed by atoms with Gasteiger partial charge in [0.05, 0.1) is 12.6 Å². The van der Waals surface area contributed by atoms with E-state index in [2.05, 4.69) is 28.0 Å². The Bertz CT molecular complexity index is 948. The molecule has 0 radical (unpaired) electrons. The molecule has 3 heterocycles. The molecule has 0 unspecified atom stereocenters. The number of nitriles is 1. The number of ether oxygens (including phenoxy) is 1. The summed E-state index contributed by atoms with van der Waals surface area (Å²) in [6, 6.07) is 6.52. The predicted octanol–water partition coefficient (Wildman–Crippen LogP) is 4.91. The number of nitrogens with zero attached hydrogens (tertiary/aromatic N) is 3. The lowest BCUT2D eigenvalue weighted by Crippen LogP contribution is -2.34. The van der Waals surface area contributed by atoms with Gasteiger partial charge in [-0.05, 0) is 85.2 Å². The Labute approximate surface area is 160 Å². The normalized spacial score (nSPS) is 20.0. The van der Waals surface area contributed by atoms with Crippen LogP contribution in [0.5, 0.6) is 0 Å². The van der Waals surface area contributed by atoms with Crippen molar-refractivity contribution in [3.8, 4) is 6.07 Å². The second-order valence-corrected chi connectivity index (χ2v) is 7.15. The van der Waals surface area contributed by atoms with Gasteiger partial charge in [0.1, 0.15) is 11.5 Å². The van der Waals surface area contributed by atoms with Crippen LogP contribution in [0, 0.1) is 17.9 Å². The summed E-state index contributed by atoms with van der Waals surface area (Å²) in [4.78, 5) is 5.84. The lowest BCUT2D eigenvalue weighted by atomic mass is 9.90. The van der Waals surface area contributed by atoms with E-state index in [0.717, 1.165) is 12.8 Å². The molecule has 4 heteroatoms. The second-order valence-electron chi connectivity index (χ2n) is 7.15. The maximum absolute atomic E-state index is 9.11. The minimum atomic E-state index is 0.0850. The molecule has 0 spiro atoms. The molecule has 0 aliphatic carbocycles. The summed E-state index contributed by atoms with van der Waals surface area (Å²) in [6.07, 6.45) is 12.2. The van der Waals surface area contributed by atoms with Crippen molar-refractivity contribution < 1.29 is 4.74 Å². The van der Waals surface area contributed by atoms with E-state index in [4.69, 9.17) is 16.6 Å². The molecule has 0 saturated heterocycles. The number of anilines is 1. The smallest absolute Gasteiger partial charge is 0.269 e. The standard InChI is InChI=1S/C23H21N3O/c1-16-11-20(22(15-24)25-2)14-21(27-16)8-7-17-12-18-5-3-9-26-10-4-6-19(13-17)23(18)26/h7-8,11-14H,3-6,9-10H2,1H3/b8-7+,22-20-. The molecule has 0 atom stereocenters. The Morgan fingerprint density at radius 1 is 1.19 bits per heavy atom. The lowest BCUT2D eigenvalue weighted by Gasteiger charge is -2.37. The van der Waals surface area contributed by atoms with Gasteiger partial charge in [-0.25, -0.2) is 10.1 Å². The third kappa shape index (κ3) is 3.39. The van der Waals surface area contributed by atoms with Crippen molar-refractivity contribution in [3.05, 3.63) is 81.3 Å². The molecule has 0 fully saturated rings. The third-order valence-corrected chi connectivity index (χ3v) is 5.22. The molecule has 0 amide bonds. The molecule has 0 N–H and O–H groups in total. The summed E-state index contributed by atoms with van der Waals surface area (Å²) in [5.41, 5.74) is 6.24. The molecule has 0 saturated carbocycles. The molecule has 27 heavy (non-hydrogen) atoms. The largest absolute Gasteiger partial charge is 0.462 e. The average molecular weight is 355 g/mol. The Kier molecular flexibility index (Phi) is 4.57. The maximum atomic E-state index is 9.11. The Morgan fingerprint density at radius 3 is 2.52 bits per heavy atom. The molecule has 0 bridgehead atoms. The summed E-state index contributed by atoms with van der Waals surface area (Å²) in [5, 5.41) is 9.11. The number of rotatable bonds is 2. The minimum absolute atomic E-state index is 0.0850. The molecule has 134 valence electrons. The summed E-state index contributed by atoms with van der Waals surface area (Å²) in [7, 11) is 0. The summed E-state index contributed by atoms with van der Waals surface area (Å²) in [5.74, 6) is 1.33. The molecule has 1 aromatic carbocycles. The summed E-state index contributed by atoms with van der Waals surface area (Å²) < 4.78 is 5.76. The number of hydrogen-bond acceptors (Lipinski definition) is 3. The van der Waals surface area contributed by atoms with Crippen molar-refractivity contribution in [2.24, 2.45) is 0 Å². The van der Waals surface area contributed by atoms with Crippen LogP contribution >= 0.6 is 0 Å². The van der Waals surface area contributed by atoms with Gasteiger partial charge in [-0.1, -0.05) is 6.08 Å². The van der Waals surface area contributed by atoms with Crippen LogP contribution in [0.25, 0.3) is 10.9 Å². The van der Waals surface area contributed by atoms with Crippen LogP contribution in [0.15, 0.2) is 53.1 Å². The van der Waals surface area contributed by atoms with E-state index in [1.54, 1.807) is 12.2 Å². The van der Waals surface area contributed by atoms with E-state index < -0.39 is 0 Å². The van der Waals surface area contributed by atoms with Gasteiger partial charge < -0.3 is 9.64 Å². The van der Waals surface area contributed by atoms with Crippen LogP contribution in [0.2, 0.25) is 0 Å². The highest BCUT2D eigenvalue weighted by Crippen LogP contribution is 2.36. The highest BCUT2D eigenvalue weighted by Gasteiger charge is 2.23. The summed E-state index contributed by atoms with van der Waals surface area (Å²) >= 11 is 0. The lowest BCUT2D eigenvalue weighted by molar-refractivity contribution is 0.318. The fraction of sp³-hybridized carbons (Fsp3) is 0.304. The van der Waals surface area contributed by atoms with Crippen LogP contribution in [-0.2, 0) is 17.6 Å². The van der Waals surface area contributed by atoms with E-state index in [1.165, 1.54) is 48.3 Å². The van der Waals surface area contributed by atoms with Gasteiger partial charge in [0.15, 0.2) is 0 Å². The average Bonchev–Trinajstić information content (AvgIpc) is 2.67. The number of hydrogen-bond donors (Lipinski definition) is 0. The van der Waals surface area contributed by atoms with Crippen LogP contribution in [0.3, 0.4) is 0 Å². The Morgan fingerprint density at radius 2 is 1.89 bits per heavy atom. The SMILES string of the molecule is [C-]#[N+]/C(C#N)=C1/C=C(C)OC(/C=C/c2cc3c4c(c2)CCCN4CCC3)=C1. The van der Waals surface area contributed by atoms with Gasteiger partial charge >= 0.3 is 0 Å². The molecule has 4 rings (SSSR count). The zero-order valence-electron chi connectivity index (χ0n) is 15.5. The van der Waals surface area contributed by atoms with Crippen molar-refractivity contribution in [3.63, 3.8) is 0 Å². The zero-order valence-corrected chi connectivity index (χ0v) is 15.5. The van der Waals surface area contributed by atoms with Gasteiger partial charge in [-0.15, -0.1) is 0 Å². The van der Waals surface area contributed by atoms with Crippen molar-refractivity contribution in [2.45, 2.75) is 32.6 Å². The highest BCUT2D eigenvalue weighted by atomic mass is 16.5. The van der Waals surface area contributed by atoms with E-state index in [1.807, 2.05) is 19.1 Å². The molecular formula is C23H21N3O. The first-order valence-electron chi connectivity index (χ1n) is 9.36. The van der Waals surface area contributed by atoms with Gasteiger partial charge in [0, 0.05) is 18.8 Å². The van der Waals surface area contributed by atoms with Crippen molar-refractivity contribution in [1.29, 1.82) is 5.26 Å². The van der Waals surface area contributed by atoms with Crippen molar-refractivity contribution >= 4 is 11.8 Å². The first-order valence-corrected chi connectivity index (χ1v) is 9.36. The highest BCUT2D eigenvalue weighted by molar-refractivity contribution is 5.68. The van der Waals surface area contributed by atoms with Crippen molar-refractivity contribution in [2.75, 3.05) is 18.0 Å². The zero-order chi connectivity index (χ0) is 18.8. The first-order chi connectivity index (χ1) is 13.2. The molecule has 1 aromatic rings. The quantitative estimate of drug-likeness (QED) is 0.559. The topological polar surface area (TPSA) is 40.6 Å². The van der Waals surface area contributed by atoms with E-state index in [0.29, 0.717) is 17.1 Å². The maximum Gasteiger partial charge on any atom is 0.269 e. The van der Waals surface area contributed by atoms with Gasteiger partial charge in [-0.2, -0.15) is 0 Å². The Hall–Kier alpha value is -3.24.